The largest absolute Gasteiger partial charge is 0.495 e. The van der Waals surface area contributed by atoms with Gasteiger partial charge >= 0.3 is 0 Å². The Hall–Kier alpha value is -1.94. The molecule has 106 valence electrons. The zero-order valence-electron chi connectivity index (χ0n) is 12.0. The number of nitrogens with one attached hydrogen (secondary N) is 1. The maximum atomic E-state index is 13.7. The maximum absolute atomic E-state index is 13.7. The summed E-state index contributed by atoms with van der Waals surface area (Å²) in [7, 11) is 1.61. The third-order valence-electron chi connectivity index (χ3n) is 3.15. The summed E-state index contributed by atoms with van der Waals surface area (Å²) in [6, 6.07) is 6.84. The maximum Gasteiger partial charge on any atom is 0.142 e. The average Bonchev–Trinajstić information content (AvgIpc) is 2.43. The molecule has 2 rings (SSSR count). The lowest BCUT2D eigenvalue weighted by atomic mass is 9.97. The van der Waals surface area contributed by atoms with Crippen molar-refractivity contribution in [3.63, 3.8) is 0 Å². The minimum absolute atomic E-state index is 0.118. The fraction of sp³-hybridized carbons (Fsp3) is 0.312. The van der Waals surface area contributed by atoms with Crippen molar-refractivity contribution in [1.82, 2.24) is 10.3 Å². The van der Waals surface area contributed by atoms with E-state index in [-0.39, 0.29) is 11.9 Å². The standard InChI is InChI=1S/C16H19FN2O/c1-4-19-16(12-7-11(2)8-13(17)9-12)14-5-6-18-10-15(14)20-3/h5-10,16,19H,4H2,1-3H3. The van der Waals surface area contributed by atoms with E-state index in [4.69, 9.17) is 4.74 Å². The molecule has 0 spiro atoms. The van der Waals surface area contributed by atoms with Crippen LogP contribution < -0.4 is 10.1 Å². The Bertz CT molecular complexity index is 566. The summed E-state index contributed by atoms with van der Waals surface area (Å²) in [5.41, 5.74) is 2.74. The summed E-state index contributed by atoms with van der Waals surface area (Å²) in [6.07, 6.45) is 3.39. The van der Waals surface area contributed by atoms with Gasteiger partial charge < -0.3 is 10.1 Å². The van der Waals surface area contributed by atoms with Gasteiger partial charge in [-0.3, -0.25) is 4.98 Å². The highest BCUT2D eigenvalue weighted by Gasteiger charge is 2.18. The molecule has 1 unspecified atom stereocenters. The van der Waals surface area contributed by atoms with E-state index in [9.17, 15) is 4.39 Å². The summed E-state index contributed by atoms with van der Waals surface area (Å²) < 4.78 is 19.0. The van der Waals surface area contributed by atoms with Crippen molar-refractivity contribution in [2.24, 2.45) is 0 Å². The average molecular weight is 274 g/mol. The molecule has 1 heterocycles. The second-order valence-electron chi connectivity index (χ2n) is 4.67. The van der Waals surface area contributed by atoms with Gasteiger partial charge in [0.15, 0.2) is 0 Å². The molecular weight excluding hydrogens is 255 g/mol. The molecule has 0 aliphatic rings. The lowest BCUT2D eigenvalue weighted by Crippen LogP contribution is -2.23. The van der Waals surface area contributed by atoms with Crippen molar-refractivity contribution in [2.45, 2.75) is 19.9 Å². The van der Waals surface area contributed by atoms with Crippen molar-refractivity contribution in [3.05, 3.63) is 59.2 Å². The Morgan fingerprint density at radius 1 is 1.35 bits per heavy atom. The molecular formula is C16H19FN2O. The van der Waals surface area contributed by atoms with Gasteiger partial charge in [0.25, 0.3) is 0 Å². The van der Waals surface area contributed by atoms with Gasteiger partial charge in [-0.05, 0) is 42.8 Å². The van der Waals surface area contributed by atoms with Crippen LogP contribution in [-0.4, -0.2) is 18.6 Å². The van der Waals surface area contributed by atoms with E-state index in [1.165, 1.54) is 6.07 Å². The number of methoxy groups -OCH3 is 1. The van der Waals surface area contributed by atoms with Crippen LogP contribution in [-0.2, 0) is 0 Å². The van der Waals surface area contributed by atoms with E-state index in [1.54, 1.807) is 25.6 Å². The number of ether oxygens (including phenoxy) is 1. The summed E-state index contributed by atoms with van der Waals surface area (Å²) >= 11 is 0. The number of hydrogen-bond acceptors (Lipinski definition) is 3. The van der Waals surface area contributed by atoms with Gasteiger partial charge in [0.1, 0.15) is 11.6 Å². The Morgan fingerprint density at radius 2 is 2.15 bits per heavy atom. The van der Waals surface area contributed by atoms with Crippen LogP contribution in [0.25, 0.3) is 0 Å². The molecule has 20 heavy (non-hydrogen) atoms. The highest BCUT2D eigenvalue weighted by Crippen LogP contribution is 2.30. The minimum Gasteiger partial charge on any atom is -0.495 e. The zero-order chi connectivity index (χ0) is 14.5. The Morgan fingerprint density at radius 3 is 2.80 bits per heavy atom. The minimum atomic E-state index is -0.226. The van der Waals surface area contributed by atoms with Gasteiger partial charge in [-0.2, -0.15) is 0 Å². The van der Waals surface area contributed by atoms with E-state index < -0.39 is 0 Å². The van der Waals surface area contributed by atoms with Crippen LogP contribution in [0.5, 0.6) is 5.75 Å². The third-order valence-corrected chi connectivity index (χ3v) is 3.15. The Kier molecular flexibility index (Phi) is 4.69. The number of aryl methyl sites for hydroxylation is 1. The Labute approximate surface area is 118 Å². The summed E-state index contributed by atoms with van der Waals surface area (Å²) in [5.74, 6) is 0.469. The van der Waals surface area contributed by atoms with Crippen molar-refractivity contribution < 1.29 is 9.13 Å². The van der Waals surface area contributed by atoms with Crippen LogP contribution in [0, 0.1) is 12.7 Å². The number of benzene rings is 1. The summed E-state index contributed by atoms with van der Waals surface area (Å²) in [5, 5.41) is 3.37. The van der Waals surface area contributed by atoms with E-state index in [0.717, 1.165) is 23.2 Å². The van der Waals surface area contributed by atoms with E-state index in [2.05, 4.69) is 10.3 Å². The molecule has 4 heteroatoms. The molecule has 0 amide bonds. The van der Waals surface area contributed by atoms with Crippen molar-refractivity contribution >= 4 is 0 Å². The zero-order valence-corrected chi connectivity index (χ0v) is 12.0. The molecule has 0 saturated heterocycles. The predicted octanol–water partition coefficient (Wildman–Crippen LogP) is 3.24. The molecule has 1 N–H and O–H groups in total. The van der Waals surface area contributed by atoms with E-state index >= 15 is 0 Å². The first kappa shape index (κ1) is 14.5. The number of halogens is 1. The molecule has 1 atom stereocenters. The Balaban J connectivity index is 2.50. The highest BCUT2D eigenvalue weighted by atomic mass is 19.1. The molecule has 1 aromatic carbocycles. The smallest absolute Gasteiger partial charge is 0.142 e. The van der Waals surface area contributed by atoms with Crippen molar-refractivity contribution in [2.75, 3.05) is 13.7 Å². The molecule has 2 aromatic rings. The van der Waals surface area contributed by atoms with Crippen LogP contribution in [0.3, 0.4) is 0 Å². The highest BCUT2D eigenvalue weighted by molar-refractivity contribution is 5.40. The molecule has 0 aliphatic carbocycles. The molecule has 0 aliphatic heterocycles. The van der Waals surface area contributed by atoms with E-state index in [0.29, 0.717) is 5.75 Å². The van der Waals surface area contributed by atoms with Crippen molar-refractivity contribution in [3.8, 4) is 5.75 Å². The molecule has 0 radical (unpaired) electrons. The fourth-order valence-electron chi connectivity index (χ4n) is 2.34. The van der Waals surface area contributed by atoms with Crippen LogP contribution in [0.15, 0.2) is 36.7 Å². The number of aromatic nitrogens is 1. The first-order chi connectivity index (χ1) is 9.65. The number of pyridine rings is 1. The fourth-order valence-corrected chi connectivity index (χ4v) is 2.34. The normalized spacial score (nSPS) is 12.2. The topological polar surface area (TPSA) is 34.2 Å². The second-order valence-corrected chi connectivity index (χ2v) is 4.67. The van der Waals surface area contributed by atoms with Gasteiger partial charge in [0.2, 0.25) is 0 Å². The molecule has 1 aromatic heterocycles. The lowest BCUT2D eigenvalue weighted by Gasteiger charge is -2.21. The van der Waals surface area contributed by atoms with Crippen LogP contribution >= 0.6 is 0 Å². The lowest BCUT2D eigenvalue weighted by molar-refractivity contribution is 0.402. The number of hydrogen-bond donors (Lipinski definition) is 1. The first-order valence-electron chi connectivity index (χ1n) is 6.64. The number of nitrogens with zero attached hydrogens (tertiary/aromatic N) is 1. The monoisotopic (exact) mass is 274 g/mol. The second kappa shape index (κ2) is 6.48. The SMILES string of the molecule is CCNC(c1cc(C)cc(F)c1)c1ccncc1OC. The molecule has 0 bridgehead atoms. The predicted molar refractivity (Wildman–Crippen MR) is 77.4 cm³/mol. The third kappa shape index (κ3) is 3.14. The quantitative estimate of drug-likeness (QED) is 0.909. The van der Waals surface area contributed by atoms with E-state index in [1.807, 2.05) is 26.0 Å². The van der Waals surface area contributed by atoms with Crippen LogP contribution in [0.4, 0.5) is 4.39 Å². The van der Waals surface area contributed by atoms with Gasteiger partial charge in [0, 0.05) is 11.8 Å². The first-order valence-corrected chi connectivity index (χ1v) is 6.64. The van der Waals surface area contributed by atoms with Gasteiger partial charge in [-0.15, -0.1) is 0 Å². The van der Waals surface area contributed by atoms with Crippen LogP contribution in [0.1, 0.15) is 29.7 Å². The van der Waals surface area contributed by atoms with Gasteiger partial charge in [-0.1, -0.05) is 13.0 Å². The van der Waals surface area contributed by atoms with Gasteiger partial charge in [-0.25, -0.2) is 4.39 Å². The number of rotatable bonds is 5. The van der Waals surface area contributed by atoms with Crippen molar-refractivity contribution in [1.29, 1.82) is 0 Å². The molecule has 0 fully saturated rings. The molecule has 3 nitrogen and oxygen atoms in total. The molecule has 0 saturated carbocycles. The van der Waals surface area contributed by atoms with Crippen LogP contribution in [0.2, 0.25) is 0 Å². The summed E-state index contributed by atoms with van der Waals surface area (Å²) in [4.78, 5) is 4.06. The summed E-state index contributed by atoms with van der Waals surface area (Å²) in [6.45, 7) is 4.68. The van der Waals surface area contributed by atoms with Gasteiger partial charge in [0.05, 0.1) is 19.3 Å².